The molecule has 0 aliphatic rings. The zero-order chi connectivity index (χ0) is 9.68. The first kappa shape index (κ1) is 10.8. The Balaban J connectivity index is 2.64. The summed E-state index contributed by atoms with van der Waals surface area (Å²) in [5, 5.41) is 0. The Labute approximate surface area is 89.4 Å². The van der Waals surface area contributed by atoms with Crippen LogP contribution in [0.5, 0.6) is 0 Å². The maximum atomic E-state index is 13.0. The Morgan fingerprint density at radius 1 is 1.62 bits per heavy atom. The van der Waals surface area contributed by atoms with E-state index in [-0.39, 0.29) is 13.4 Å². The van der Waals surface area contributed by atoms with Gasteiger partial charge in [0.25, 0.3) is 0 Å². The van der Waals surface area contributed by atoms with Crippen LogP contribution in [0.3, 0.4) is 0 Å². The van der Waals surface area contributed by atoms with Crippen LogP contribution in [0.2, 0.25) is 0 Å². The van der Waals surface area contributed by atoms with E-state index in [2.05, 4.69) is 9.72 Å². The lowest BCUT2D eigenvalue weighted by Gasteiger charge is -2.05. The molecule has 0 spiro atoms. The van der Waals surface area contributed by atoms with Crippen molar-refractivity contribution in [1.82, 2.24) is 4.98 Å². The van der Waals surface area contributed by atoms with Gasteiger partial charge in [-0.25, -0.2) is 4.98 Å². The van der Waals surface area contributed by atoms with Crippen molar-refractivity contribution in [3.63, 3.8) is 0 Å². The number of methoxy groups -OCH3 is 1. The molecule has 0 saturated heterocycles. The van der Waals surface area contributed by atoms with Gasteiger partial charge in [0.15, 0.2) is 0 Å². The summed E-state index contributed by atoms with van der Waals surface area (Å²) >= 11 is 2.04. The Kier molecular flexibility index (Phi) is 4.54. The Bertz CT molecular complexity index is 263. The highest BCUT2D eigenvalue weighted by Crippen LogP contribution is 2.14. The monoisotopic (exact) mass is 297 g/mol. The molecule has 1 aromatic rings. The van der Waals surface area contributed by atoms with Crippen LogP contribution >= 0.6 is 22.6 Å². The van der Waals surface area contributed by atoms with Crippen molar-refractivity contribution < 1.29 is 13.9 Å². The van der Waals surface area contributed by atoms with Gasteiger partial charge in [-0.1, -0.05) is 0 Å². The topological polar surface area (TPSA) is 31.4 Å². The first-order valence-corrected chi connectivity index (χ1v) is 4.69. The summed E-state index contributed by atoms with van der Waals surface area (Å²) in [6.45, 7) is 0.343. The zero-order valence-electron chi connectivity index (χ0n) is 7.09. The predicted octanol–water partition coefficient (Wildman–Crippen LogP) is 1.95. The molecular weight excluding hydrogens is 288 g/mol. The van der Waals surface area contributed by atoms with Gasteiger partial charge in [-0.2, -0.15) is 4.39 Å². The Morgan fingerprint density at radius 2 is 2.38 bits per heavy atom. The summed E-state index contributed by atoms with van der Waals surface area (Å²) in [6.07, 6.45) is 1.43. The molecule has 5 heteroatoms. The summed E-state index contributed by atoms with van der Waals surface area (Å²) in [4.78, 5) is 3.53. The molecule has 1 rings (SSSR count). The number of aromatic nitrogens is 1. The van der Waals surface area contributed by atoms with Gasteiger partial charge in [0, 0.05) is 22.4 Å². The largest absolute Gasteiger partial charge is 0.359 e. The summed E-state index contributed by atoms with van der Waals surface area (Å²) < 4.78 is 23.5. The molecule has 0 radical (unpaired) electrons. The smallest absolute Gasteiger partial charge is 0.219 e. The average Bonchev–Trinajstić information content (AvgIpc) is 2.10. The number of pyridine rings is 1. The summed E-state index contributed by atoms with van der Waals surface area (Å²) in [5.41, 5.74) is 0.472. The van der Waals surface area contributed by atoms with Crippen molar-refractivity contribution in [1.29, 1.82) is 0 Å². The lowest BCUT2D eigenvalue weighted by molar-refractivity contribution is -0.0402. The summed E-state index contributed by atoms with van der Waals surface area (Å²) in [5.74, 6) is -0.483. The molecule has 0 bridgehead atoms. The number of hydrogen-bond donors (Lipinski definition) is 0. The third-order valence-corrected chi connectivity index (χ3v) is 2.40. The number of rotatable bonds is 4. The van der Waals surface area contributed by atoms with Crippen LogP contribution in [0.1, 0.15) is 5.56 Å². The second-order valence-corrected chi connectivity index (χ2v) is 3.48. The van der Waals surface area contributed by atoms with Crippen LogP contribution < -0.4 is 0 Å². The molecule has 1 heterocycles. The van der Waals surface area contributed by atoms with E-state index in [9.17, 15) is 4.39 Å². The molecule has 0 atom stereocenters. The van der Waals surface area contributed by atoms with Crippen molar-refractivity contribution >= 4 is 22.6 Å². The van der Waals surface area contributed by atoms with Crippen LogP contribution in [-0.4, -0.2) is 18.9 Å². The van der Waals surface area contributed by atoms with Gasteiger partial charge < -0.3 is 9.47 Å². The molecule has 0 unspecified atom stereocenters. The second-order valence-electron chi connectivity index (χ2n) is 2.32. The van der Waals surface area contributed by atoms with Crippen LogP contribution in [0.15, 0.2) is 12.3 Å². The third kappa shape index (κ3) is 3.17. The highest BCUT2D eigenvalue weighted by Gasteiger charge is 2.06. The summed E-state index contributed by atoms with van der Waals surface area (Å²) in [7, 11) is 1.52. The third-order valence-electron chi connectivity index (χ3n) is 1.39. The molecule has 3 nitrogen and oxygen atoms in total. The number of nitrogens with zero attached hydrogens (tertiary/aromatic N) is 1. The van der Waals surface area contributed by atoms with Crippen LogP contribution in [0.4, 0.5) is 4.39 Å². The van der Waals surface area contributed by atoms with Crippen molar-refractivity contribution in [3.8, 4) is 0 Å². The van der Waals surface area contributed by atoms with Crippen molar-refractivity contribution in [3.05, 3.63) is 27.3 Å². The molecule has 0 N–H and O–H groups in total. The summed E-state index contributed by atoms with van der Waals surface area (Å²) in [6, 6.07) is 1.73. The molecule has 1 aromatic heterocycles. The molecule has 0 saturated carbocycles. The highest BCUT2D eigenvalue weighted by atomic mass is 127. The van der Waals surface area contributed by atoms with E-state index >= 15 is 0 Å². The van der Waals surface area contributed by atoms with Crippen molar-refractivity contribution in [2.24, 2.45) is 0 Å². The molecule has 0 fully saturated rings. The van der Waals surface area contributed by atoms with Crippen LogP contribution in [0, 0.1) is 9.52 Å². The number of ether oxygens (including phenoxy) is 2. The maximum absolute atomic E-state index is 13.0. The fourth-order valence-corrected chi connectivity index (χ4v) is 1.34. The minimum Gasteiger partial charge on any atom is -0.359 e. The Morgan fingerprint density at radius 3 is 3.00 bits per heavy atom. The predicted molar refractivity (Wildman–Crippen MR) is 53.6 cm³/mol. The number of hydrogen-bond acceptors (Lipinski definition) is 3. The minimum atomic E-state index is -0.483. The van der Waals surface area contributed by atoms with E-state index in [0.29, 0.717) is 5.56 Å². The molecule has 0 aromatic carbocycles. The first-order valence-electron chi connectivity index (χ1n) is 3.61. The van der Waals surface area contributed by atoms with Gasteiger partial charge in [-0.05, 0) is 28.7 Å². The minimum absolute atomic E-state index is 0.157. The lowest BCUT2D eigenvalue weighted by Crippen LogP contribution is -2.02. The normalized spacial score (nSPS) is 10.4. The average molecular weight is 297 g/mol. The fourth-order valence-electron chi connectivity index (χ4n) is 0.801. The molecular formula is C8H9FINO2. The molecule has 72 valence electrons. The standard InChI is InChI=1S/C8H9FINO2/c1-12-5-13-4-6-7(10)2-3-11-8(6)9/h2-3H,4-5H2,1H3. The van der Waals surface area contributed by atoms with Gasteiger partial charge in [0.2, 0.25) is 5.95 Å². The van der Waals surface area contributed by atoms with E-state index in [1.54, 1.807) is 6.07 Å². The Hall–Kier alpha value is -0.270. The van der Waals surface area contributed by atoms with Crippen LogP contribution in [-0.2, 0) is 16.1 Å². The van der Waals surface area contributed by atoms with E-state index < -0.39 is 5.95 Å². The molecule has 0 amide bonds. The lowest BCUT2D eigenvalue weighted by atomic mass is 10.3. The molecule has 13 heavy (non-hydrogen) atoms. The van der Waals surface area contributed by atoms with Gasteiger partial charge in [0.05, 0.1) is 6.61 Å². The first-order chi connectivity index (χ1) is 6.25. The van der Waals surface area contributed by atoms with Crippen molar-refractivity contribution in [2.75, 3.05) is 13.9 Å². The number of halogens is 2. The van der Waals surface area contributed by atoms with E-state index in [4.69, 9.17) is 4.74 Å². The van der Waals surface area contributed by atoms with Gasteiger partial charge in [-0.15, -0.1) is 0 Å². The zero-order valence-corrected chi connectivity index (χ0v) is 9.25. The van der Waals surface area contributed by atoms with E-state index in [0.717, 1.165) is 3.57 Å². The van der Waals surface area contributed by atoms with Gasteiger partial charge in [-0.3, -0.25) is 0 Å². The van der Waals surface area contributed by atoms with Gasteiger partial charge >= 0.3 is 0 Å². The SMILES string of the molecule is COCOCc1c(I)ccnc1F. The van der Waals surface area contributed by atoms with Crippen molar-refractivity contribution in [2.45, 2.75) is 6.61 Å². The van der Waals surface area contributed by atoms with Gasteiger partial charge in [0.1, 0.15) is 6.79 Å². The van der Waals surface area contributed by atoms with Crippen LogP contribution in [0.25, 0.3) is 0 Å². The second kappa shape index (κ2) is 5.46. The maximum Gasteiger partial charge on any atom is 0.219 e. The fraction of sp³-hybridized carbons (Fsp3) is 0.375. The molecule has 0 aliphatic heterocycles. The quantitative estimate of drug-likeness (QED) is 0.368. The van der Waals surface area contributed by atoms with E-state index in [1.807, 2.05) is 22.6 Å². The highest BCUT2D eigenvalue weighted by molar-refractivity contribution is 14.1. The molecule has 0 aliphatic carbocycles. The van der Waals surface area contributed by atoms with E-state index in [1.165, 1.54) is 13.3 Å².